The van der Waals surface area contributed by atoms with Gasteiger partial charge in [-0.05, 0) is 92.8 Å². The zero-order valence-electron chi connectivity index (χ0n) is 34.7. The van der Waals surface area contributed by atoms with Gasteiger partial charge in [-0.15, -0.1) is 0 Å². The molecule has 328 valence electrons. The number of nitrogens with one attached hydrogen (secondary N) is 2. The van der Waals surface area contributed by atoms with Gasteiger partial charge in [-0.3, -0.25) is 38.4 Å². The number of imide groups is 1. The Morgan fingerprint density at radius 2 is 1.65 bits per heavy atom. The number of carbonyl (C=O) groups is 3. The van der Waals surface area contributed by atoms with Gasteiger partial charge in [-0.25, -0.2) is 23.5 Å². The molecule has 5 heterocycles. The Labute approximate surface area is 359 Å². The highest BCUT2D eigenvalue weighted by Crippen LogP contribution is 2.34. The van der Waals surface area contributed by atoms with Crippen molar-refractivity contribution in [1.29, 1.82) is 0 Å². The first-order valence-electron chi connectivity index (χ1n) is 21.4. The molecule has 3 aromatic heterocycles. The molecule has 18 heteroatoms. The van der Waals surface area contributed by atoms with E-state index < -0.39 is 46.6 Å². The number of piperidine rings is 1. The number of phenolic OH excluding ortho intramolecular Hbond substituents is 1. The molecule has 63 heavy (non-hydrogen) atoms. The van der Waals surface area contributed by atoms with Crippen LogP contribution in [0.4, 0.5) is 19.1 Å². The molecule has 1 atom stereocenters. The standard InChI is InChI=1S/C45H47F3N10O5/c1-54-37-19-26(6-11-35(37)58(45(54)63)36-12-13-38(59)52-43(36)62)3-2-14-55-15-17-56(18-16-55)44-50-23-30(24-51-44)28-7-8-29-25-57(53-34(29)20-28)31-9-4-27(5-10-31)22-49-42(61)32-21-33(46)41(60)40(48)39(32)47/h6-8,11,19-21,23-25,27,31,36,60H,2-5,9-10,12-18,22H2,1H3,(H,49,61)(H,52,59,62). The van der Waals surface area contributed by atoms with Crippen LogP contribution in [0.15, 0.2) is 65.8 Å². The van der Waals surface area contributed by atoms with E-state index in [0.717, 1.165) is 104 Å². The molecule has 1 aliphatic carbocycles. The van der Waals surface area contributed by atoms with Crippen LogP contribution in [0.2, 0.25) is 0 Å². The van der Waals surface area contributed by atoms with Crippen molar-refractivity contribution in [3.63, 3.8) is 0 Å². The number of aryl methyl sites for hydroxylation is 2. The van der Waals surface area contributed by atoms with Gasteiger partial charge in [-0.1, -0.05) is 18.2 Å². The first kappa shape index (κ1) is 41.8. The minimum Gasteiger partial charge on any atom is -0.503 e. The van der Waals surface area contributed by atoms with Crippen molar-refractivity contribution >= 4 is 45.6 Å². The van der Waals surface area contributed by atoms with Crippen LogP contribution in [-0.4, -0.2) is 95.9 Å². The summed E-state index contributed by atoms with van der Waals surface area (Å²) in [5.41, 5.74) is 4.23. The monoisotopic (exact) mass is 864 g/mol. The average molecular weight is 865 g/mol. The maximum atomic E-state index is 14.2. The summed E-state index contributed by atoms with van der Waals surface area (Å²) in [4.78, 5) is 63.9. The second-order valence-corrected chi connectivity index (χ2v) is 16.9. The largest absolute Gasteiger partial charge is 0.503 e. The van der Waals surface area contributed by atoms with E-state index in [0.29, 0.717) is 24.0 Å². The molecule has 0 spiro atoms. The molecule has 0 bridgehead atoms. The molecule has 0 radical (unpaired) electrons. The molecule has 2 saturated heterocycles. The molecule has 1 unspecified atom stereocenters. The van der Waals surface area contributed by atoms with E-state index in [9.17, 15) is 37.5 Å². The lowest BCUT2D eigenvalue weighted by molar-refractivity contribution is -0.135. The summed E-state index contributed by atoms with van der Waals surface area (Å²) in [5, 5.41) is 20.1. The fourth-order valence-electron chi connectivity index (χ4n) is 9.20. The van der Waals surface area contributed by atoms with Crippen molar-refractivity contribution in [1.82, 2.24) is 44.4 Å². The van der Waals surface area contributed by atoms with Crippen LogP contribution in [0.1, 0.15) is 73.0 Å². The van der Waals surface area contributed by atoms with Crippen LogP contribution >= 0.6 is 0 Å². The van der Waals surface area contributed by atoms with Crippen molar-refractivity contribution in [2.24, 2.45) is 13.0 Å². The lowest BCUT2D eigenvalue weighted by Crippen LogP contribution is -2.47. The number of rotatable bonds is 11. The van der Waals surface area contributed by atoms with Crippen LogP contribution in [-0.2, 0) is 23.1 Å². The van der Waals surface area contributed by atoms with Gasteiger partial charge in [0.25, 0.3) is 5.91 Å². The molecule has 1 saturated carbocycles. The summed E-state index contributed by atoms with van der Waals surface area (Å²) in [6.07, 6.45) is 11.2. The number of phenols is 1. The zero-order valence-corrected chi connectivity index (χ0v) is 34.7. The molecule has 3 aliphatic rings. The van der Waals surface area contributed by atoms with Crippen molar-refractivity contribution in [2.45, 2.75) is 63.5 Å². The molecule has 3 fully saturated rings. The number of benzene rings is 3. The van der Waals surface area contributed by atoms with Crippen molar-refractivity contribution in [3.8, 4) is 16.9 Å². The van der Waals surface area contributed by atoms with Crippen molar-refractivity contribution < 1.29 is 32.7 Å². The molecular formula is C45H47F3N10O5. The number of carbonyl (C=O) groups excluding carboxylic acids is 3. The SMILES string of the molecule is Cn1c(=O)n(C2CCC(=O)NC2=O)c2ccc(CCCN3CCN(c4ncc(-c5ccc6cn(C7CCC(CNC(=O)c8cc(F)c(O)c(F)c8F)CC7)nc6c5)cn4)CC3)cc21. The predicted molar refractivity (Wildman–Crippen MR) is 228 cm³/mol. The first-order chi connectivity index (χ1) is 30.4. The third-order valence-electron chi connectivity index (χ3n) is 12.9. The molecular weight excluding hydrogens is 818 g/mol. The van der Waals surface area contributed by atoms with E-state index in [1.165, 1.54) is 4.57 Å². The fourth-order valence-corrected chi connectivity index (χ4v) is 9.20. The summed E-state index contributed by atoms with van der Waals surface area (Å²) in [6.45, 7) is 4.56. The van der Waals surface area contributed by atoms with Gasteiger partial charge in [-0.2, -0.15) is 9.49 Å². The third-order valence-corrected chi connectivity index (χ3v) is 12.9. The normalized spacial score (nSPS) is 19.8. The maximum Gasteiger partial charge on any atom is 0.329 e. The van der Waals surface area contributed by atoms with E-state index in [4.69, 9.17) is 15.1 Å². The summed E-state index contributed by atoms with van der Waals surface area (Å²) >= 11 is 0. The second kappa shape index (κ2) is 17.3. The van der Waals surface area contributed by atoms with Crippen LogP contribution in [0.5, 0.6) is 5.75 Å². The first-order valence-corrected chi connectivity index (χ1v) is 21.4. The van der Waals surface area contributed by atoms with E-state index in [2.05, 4.69) is 20.4 Å². The summed E-state index contributed by atoms with van der Waals surface area (Å²) in [6, 6.07) is 12.0. The van der Waals surface area contributed by atoms with Gasteiger partial charge in [0.05, 0.1) is 28.2 Å². The molecule has 9 rings (SSSR count). The summed E-state index contributed by atoms with van der Waals surface area (Å²) < 4.78 is 46.7. The number of aromatic nitrogens is 6. The van der Waals surface area contributed by atoms with Crippen molar-refractivity contribution in [2.75, 3.05) is 44.2 Å². The molecule has 6 aromatic rings. The Morgan fingerprint density at radius 3 is 2.40 bits per heavy atom. The van der Waals surface area contributed by atoms with Crippen LogP contribution in [0.25, 0.3) is 33.1 Å². The van der Waals surface area contributed by atoms with E-state index in [1.54, 1.807) is 11.6 Å². The van der Waals surface area contributed by atoms with Crippen molar-refractivity contribution in [3.05, 3.63) is 100 Å². The minimum absolute atomic E-state index is 0.110. The minimum atomic E-state index is -1.79. The zero-order chi connectivity index (χ0) is 43.9. The number of halogens is 3. The summed E-state index contributed by atoms with van der Waals surface area (Å²) in [7, 11) is 1.71. The van der Waals surface area contributed by atoms with Crippen LogP contribution in [0, 0.1) is 23.4 Å². The average Bonchev–Trinajstić information content (AvgIpc) is 3.83. The Balaban J connectivity index is 0.737. The molecule has 3 aromatic carbocycles. The van der Waals surface area contributed by atoms with Gasteiger partial charge in [0.1, 0.15) is 6.04 Å². The number of hydrogen-bond donors (Lipinski definition) is 3. The highest BCUT2D eigenvalue weighted by molar-refractivity contribution is 6.00. The van der Waals surface area contributed by atoms with Gasteiger partial charge in [0.2, 0.25) is 23.6 Å². The number of anilines is 1. The van der Waals surface area contributed by atoms with Crippen LogP contribution < -0.4 is 21.2 Å². The lowest BCUT2D eigenvalue weighted by atomic mass is 9.86. The Morgan fingerprint density at radius 1 is 0.889 bits per heavy atom. The van der Waals surface area contributed by atoms with E-state index >= 15 is 0 Å². The number of imidazole rings is 1. The topological polar surface area (TPSA) is 173 Å². The number of aromatic hydroxyl groups is 1. The lowest BCUT2D eigenvalue weighted by Gasteiger charge is -2.34. The molecule has 3 N–H and O–H groups in total. The molecule has 15 nitrogen and oxygen atoms in total. The summed E-state index contributed by atoms with van der Waals surface area (Å²) in [5.74, 6) is -7.10. The van der Waals surface area contributed by atoms with Gasteiger partial charge >= 0.3 is 5.69 Å². The van der Waals surface area contributed by atoms with E-state index in [-0.39, 0.29) is 36.5 Å². The van der Waals surface area contributed by atoms with Gasteiger partial charge < -0.3 is 15.3 Å². The Kier molecular flexibility index (Phi) is 11.5. The van der Waals surface area contributed by atoms with Crippen LogP contribution in [0.3, 0.4) is 0 Å². The number of hydrogen-bond acceptors (Lipinski definition) is 10. The Hall–Kier alpha value is -6.56. The van der Waals surface area contributed by atoms with E-state index in [1.807, 2.05) is 59.7 Å². The second-order valence-electron chi connectivity index (χ2n) is 16.9. The smallest absolute Gasteiger partial charge is 0.329 e. The predicted octanol–water partition coefficient (Wildman–Crippen LogP) is 5.16. The third kappa shape index (κ3) is 8.38. The maximum absolute atomic E-state index is 14.2. The number of amides is 3. The van der Waals surface area contributed by atoms with Gasteiger partial charge in [0.15, 0.2) is 17.4 Å². The molecule has 2 aliphatic heterocycles. The quantitative estimate of drug-likeness (QED) is 0.117. The molecule has 3 amide bonds. The number of fused-ring (bicyclic) bond motifs is 2. The fraction of sp³-hybridized carbons (Fsp3) is 0.400. The highest BCUT2D eigenvalue weighted by atomic mass is 19.2. The Bertz CT molecular complexity index is 2790. The number of nitrogens with zero attached hydrogens (tertiary/aromatic N) is 8. The number of piperazine rings is 1. The van der Waals surface area contributed by atoms with Gasteiger partial charge in [0, 0.05) is 75.7 Å². The highest BCUT2D eigenvalue weighted by Gasteiger charge is 2.32.